The van der Waals surface area contributed by atoms with Gasteiger partial charge >= 0.3 is 5.97 Å². The molecule has 5 rings (SSSR count). The Hall–Kier alpha value is -4.59. The summed E-state index contributed by atoms with van der Waals surface area (Å²) in [7, 11) is -7.71. The minimum atomic E-state index is -3.92. The van der Waals surface area contributed by atoms with E-state index >= 15 is 0 Å². The lowest BCUT2D eigenvalue weighted by Crippen LogP contribution is -2.50. The molecule has 3 heterocycles. The number of benzene rings is 2. The third-order valence-corrected chi connectivity index (χ3v) is 11.4. The Balaban J connectivity index is 0.000000229. The van der Waals surface area contributed by atoms with Crippen molar-refractivity contribution in [1.29, 1.82) is 0 Å². The highest BCUT2D eigenvalue weighted by atomic mass is 32.2. The number of sulfonamides is 2. The topological polar surface area (TPSA) is 224 Å². The summed E-state index contributed by atoms with van der Waals surface area (Å²) in [6.07, 6.45) is 7.72. The van der Waals surface area contributed by atoms with Crippen LogP contribution in [0.3, 0.4) is 0 Å². The molecule has 5 N–H and O–H groups in total. The summed E-state index contributed by atoms with van der Waals surface area (Å²) in [6.45, 7) is 0.513. The Bertz CT molecular complexity index is 1830. The number of aromatic nitrogens is 2. The van der Waals surface area contributed by atoms with Crippen molar-refractivity contribution in [3.8, 4) is 0 Å². The van der Waals surface area contributed by atoms with Gasteiger partial charge in [0.05, 0.1) is 28.1 Å². The Kier molecular flexibility index (Phi) is 12.1. The molecule has 2 aliphatic rings. The zero-order valence-corrected chi connectivity index (χ0v) is 27.1. The molecule has 0 spiro atoms. The highest BCUT2D eigenvalue weighted by molar-refractivity contribution is 7.89. The predicted octanol–water partition coefficient (Wildman–Crippen LogP) is 2.40. The van der Waals surface area contributed by atoms with Crippen LogP contribution in [0, 0.1) is 11.6 Å². The number of carbonyl (C=O) groups excluding carboxylic acids is 1. The summed E-state index contributed by atoms with van der Waals surface area (Å²) in [5, 5.41) is 15.3. The van der Waals surface area contributed by atoms with Crippen LogP contribution in [0.1, 0.15) is 49.0 Å². The fraction of sp³-hybridized carbons (Fsp3) is 0.345. The maximum Gasteiger partial charge on any atom is 0.385 e. The van der Waals surface area contributed by atoms with E-state index in [1.54, 1.807) is 0 Å². The quantitative estimate of drug-likeness (QED) is 0.101. The molecular formula is C29H34F2N8O7S2. The van der Waals surface area contributed by atoms with Crippen LogP contribution in [0.2, 0.25) is 0 Å². The number of hydrogen-bond donors (Lipinski definition) is 3. The first-order chi connectivity index (χ1) is 22.9. The molecule has 2 saturated heterocycles. The molecule has 2 atom stereocenters. The Morgan fingerprint density at radius 1 is 0.792 bits per heavy atom. The van der Waals surface area contributed by atoms with Gasteiger partial charge in [-0.2, -0.15) is 8.61 Å². The first-order valence-electron chi connectivity index (χ1n) is 14.7. The van der Waals surface area contributed by atoms with Crippen LogP contribution in [0.5, 0.6) is 0 Å². The normalized spacial score (nSPS) is 20.0. The van der Waals surface area contributed by atoms with Crippen molar-refractivity contribution in [3.63, 3.8) is 0 Å². The van der Waals surface area contributed by atoms with E-state index in [2.05, 4.69) is 20.3 Å². The average molecular weight is 709 g/mol. The standard InChI is InChI=1S/C17H18FN5O4S.C12H16FN3O3S/c18-12-4-6-13(7-5-12)28(25,26)23-10-2-1-3-15(23)16(19)22-27-17(24)14-11-20-8-9-21-14;13-9-4-6-10(7-5-9)20(18,19)16-8-2-1-3-11(16)12(14)15-17/h4-9,11,15H,1-3,10H2,(H2,19,22);4-7,11,17H,1-3,8H2,(H2,14,15)/t15-;11-/m00/s1. The number of rotatable bonds is 8. The van der Waals surface area contributed by atoms with Crippen molar-refractivity contribution in [3.05, 3.63) is 84.4 Å². The molecule has 258 valence electrons. The lowest BCUT2D eigenvalue weighted by molar-refractivity contribution is 0.0504. The van der Waals surface area contributed by atoms with Gasteiger partial charge in [-0.1, -0.05) is 23.2 Å². The van der Waals surface area contributed by atoms with Crippen LogP contribution in [-0.4, -0.2) is 83.4 Å². The van der Waals surface area contributed by atoms with E-state index < -0.39 is 49.7 Å². The first kappa shape index (κ1) is 36.2. The van der Waals surface area contributed by atoms with Gasteiger partial charge in [0.15, 0.2) is 17.4 Å². The molecule has 2 aliphatic heterocycles. The number of nitrogens with zero attached hydrogens (tertiary/aromatic N) is 6. The van der Waals surface area contributed by atoms with Crippen molar-refractivity contribution in [2.24, 2.45) is 21.8 Å². The van der Waals surface area contributed by atoms with Gasteiger partial charge in [0.2, 0.25) is 20.0 Å². The minimum Gasteiger partial charge on any atom is -0.409 e. The Morgan fingerprint density at radius 2 is 1.27 bits per heavy atom. The van der Waals surface area contributed by atoms with Crippen LogP contribution in [0.25, 0.3) is 0 Å². The van der Waals surface area contributed by atoms with Gasteiger partial charge in [0.25, 0.3) is 0 Å². The number of carbonyl (C=O) groups is 1. The van der Waals surface area contributed by atoms with Gasteiger partial charge in [-0.05, 0) is 74.2 Å². The summed E-state index contributed by atoms with van der Waals surface area (Å²) < 4.78 is 79.4. The van der Waals surface area contributed by atoms with E-state index in [-0.39, 0.29) is 33.7 Å². The second kappa shape index (κ2) is 16.0. The largest absolute Gasteiger partial charge is 0.409 e. The molecule has 0 radical (unpaired) electrons. The smallest absolute Gasteiger partial charge is 0.385 e. The van der Waals surface area contributed by atoms with E-state index in [0.29, 0.717) is 32.2 Å². The number of halogens is 2. The zero-order chi connectivity index (χ0) is 34.9. The summed E-state index contributed by atoms with van der Waals surface area (Å²) >= 11 is 0. The van der Waals surface area contributed by atoms with Crippen molar-refractivity contribution in [2.75, 3.05) is 13.1 Å². The molecule has 15 nitrogen and oxygen atoms in total. The maximum absolute atomic E-state index is 13.1. The van der Waals surface area contributed by atoms with Crippen molar-refractivity contribution < 1.29 is 40.5 Å². The fourth-order valence-corrected chi connectivity index (χ4v) is 8.47. The summed E-state index contributed by atoms with van der Waals surface area (Å²) in [5.74, 6) is -2.18. The van der Waals surface area contributed by atoms with Crippen molar-refractivity contribution in [1.82, 2.24) is 18.6 Å². The van der Waals surface area contributed by atoms with E-state index in [1.807, 2.05) is 0 Å². The second-order valence-corrected chi connectivity index (χ2v) is 14.5. The number of nitrogens with two attached hydrogens (primary N) is 2. The lowest BCUT2D eigenvalue weighted by Gasteiger charge is -2.33. The highest BCUT2D eigenvalue weighted by Gasteiger charge is 2.37. The Morgan fingerprint density at radius 3 is 1.71 bits per heavy atom. The van der Waals surface area contributed by atoms with Crippen molar-refractivity contribution >= 4 is 37.7 Å². The molecule has 0 bridgehead atoms. The summed E-state index contributed by atoms with van der Waals surface area (Å²) in [6, 6.07) is 7.70. The maximum atomic E-state index is 13.1. The van der Waals surface area contributed by atoms with E-state index in [4.69, 9.17) is 21.5 Å². The molecule has 1 aromatic heterocycles. The molecule has 19 heteroatoms. The third-order valence-electron chi connectivity index (χ3n) is 7.55. The molecule has 0 amide bonds. The van der Waals surface area contributed by atoms with Crippen molar-refractivity contribution in [2.45, 2.75) is 60.4 Å². The third kappa shape index (κ3) is 8.65. The Labute approximate surface area is 276 Å². The SMILES string of the molecule is N/C(=N\O)[C@@H]1CCCCN1S(=O)(=O)c1ccc(F)cc1.N/C(=N\OC(=O)c1cnccn1)[C@@H]1CCCCN1S(=O)(=O)c1ccc(F)cc1. The molecule has 0 aliphatic carbocycles. The van der Waals surface area contributed by atoms with Gasteiger partial charge < -0.3 is 21.5 Å². The fourth-order valence-electron chi connectivity index (χ4n) is 5.13. The van der Waals surface area contributed by atoms with Crippen LogP contribution < -0.4 is 11.5 Å². The van der Waals surface area contributed by atoms with E-state index in [9.17, 15) is 30.4 Å². The second-order valence-electron chi connectivity index (χ2n) is 10.7. The monoisotopic (exact) mass is 708 g/mol. The number of piperidine rings is 2. The molecule has 3 aromatic rings. The average Bonchev–Trinajstić information content (AvgIpc) is 3.11. The molecule has 2 aromatic carbocycles. The first-order valence-corrected chi connectivity index (χ1v) is 17.6. The number of oxime groups is 2. The molecule has 48 heavy (non-hydrogen) atoms. The van der Waals surface area contributed by atoms with Gasteiger partial charge in [-0.3, -0.25) is 4.98 Å². The highest BCUT2D eigenvalue weighted by Crippen LogP contribution is 2.27. The van der Waals surface area contributed by atoms with Gasteiger partial charge in [-0.25, -0.2) is 35.4 Å². The van der Waals surface area contributed by atoms with Gasteiger partial charge in [-0.15, -0.1) is 0 Å². The van der Waals surface area contributed by atoms with Crippen LogP contribution in [0.15, 0.2) is 87.2 Å². The molecule has 0 unspecified atom stereocenters. The number of hydrogen-bond acceptors (Lipinski definition) is 11. The molecule has 0 saturated carbocycles. The lowest BCUT2D eigenvalue weighted by atomic mass is 10.0. The summed E-state index contributed by atoms with van der Waals surface area (Å²) in [5.41, 5.74) is 11.4. The van der Waals surface area contributed by atoms with Crippen LogP contribution >= 0.6 is 0 Å². The van der Waals surface area contributed by atoms with Crippen LogP contribution in [-0.2, 0) is 24.9 Å². The predicted molar refractivity (Wildman–Crippen MR) is 168 cm³/mol. The van der Waals surface area contributed by atoms with E-state index in [1.165, 1.54) is 51.5 Å². The zero-order valence-electron chi connectivity index (χ0n) is 25.5. The summed E-state index contributed by atoms with van der Waals surface area (Å²) in [4.78, 5) is 24.2. The van der Waals surface area contributed by atoms with Gasteiger partial charge in [0, 0.05) is 25.5 Å². The van der Waals surface area contributed by atoms with E-state index in [0.717, 1.165) is 37.1 Å². The minimum absolute atomic E-state index is 0.00320. The van der Waals surface area contributed by atoms with Crippen LogP contribution in [0.4, 0.5) is 8.78 Å². The van der Waals surface area contributed by atoms with Gasteiger partial charge in [0.1, 0.15) is 11.6 Å². The molecular weight excluding hydrogens is 674 g/mol. The number of amidine groups is 2. The molecule has 2 fully saturated rings.